The third kappa shape index (κ3) is 3.14. The molecule has 0 saturated carbocycles. The number of rotatable bonds is 1. The number of anilines is 1. The molecular formula is C18H20N2O6. The van der Waals surface area contributed by atoms with Crippen molar-refractivity contribution in [1.82, 2.24) is 4.90 Å². The molecule has 138 valence electrons. The predicted molar refractivity (Wildman–Crippen MR) is 90.4 cm³/mol. The molecular weight excluding hydrogens is 340 g/mol. The van der Waals surface area contributed by atoms with Crippen LogP contribution in [0.5, 0.6) is 5.75 Å². The van der Waals surface area contributed by atoms with Gasteiger partial charge in [0.15, 0.2) is 0 Å². The van der Waals surface area contributed by atoms with Crippen LogP contribution in [0.3, 0.4) is 0 Å². The molecule has 2 heterocycles. The van der Waals surface area contributed by atoms with Gasteiger partial charge in [0.1, 0.15) is 17.4 Å². The molecule has 3 rings (SSSR count). The standard InChI is InChI=1S/C18H20N2O6/c1-18(2,3)26-17(25)20-14(22)7-6-13(16(20)24)19-12-5-4-11(21)8-10(12)9-15(19)23/h4-5,8,13,21H,6-7,9H2,1-3H3. The first-order valence-corrected chi connectivity index (χ1v) is 8.32. The number of aromatic hydroxyl groups is 1. The lowest BCUT2D eigenvalue weighted by Crippen LogP contribution is -2.58. The van der Waals surface area contributed by atoms with Crippen LogP contribution < -0.4 is 4.90 Å². The van der Waals surface area contributed by atoms with Gasteiger partial charge in [-0.15, -0.1) is 0 Å². The average molecular weight is 360 g/mol. The van der Waals surface area contributed by atoms with Crippen molar-refractivity contribution in [1.29, 1.82) is 0 Å². The largest absolute Gasteiger partial charge is 0.508 e. The maximum atomic E-state index is 12.8. The minimum Gasteiger partial charge on any atom is -0.508 e. The fourth-order valence-electron chi connectivity index (χ4n) is 3.18. The van der Waals surface area contributed by atoms with Crippen LogP contribution in [0.1, 0.15) is 39.2 Å². The Bertz CT molecular complexity index is 810. The molecule has 0 spiro atoms. The molecule has 0 radical (unpaired) electrons. The Labute approximate surface area is 150 Å². The fourth-order valence-corrected chi connectivity index (χ4v) is 3.18. The zero-order chi connectivity index (χ0) is 19.2. The van der Waals surface area contributed by atoms with E-state index in [4.69, 9.17) is 4.74 Å². The summed E-state index contributed by atoms with van der Waals surface area (Å²) in [6.45, 7) is 4.90. The van der Waals surface area contributed by atoms with E-state index in [1.54, 1.807) is 26.8 Å². The number of phenolic OH excluding ortho intramolecular Hbond substituents is 1. The van der Waals surface area contributed by atoms with Gasteiger partial charge in [0, 0.05) is 12.1 Å². The van der Waals surface area contributed by atoms with E-state index in [0.717, 1.165) is 0 Å². The number of imide groups is 3. The molecule has 1 aromatic carbocycles. The summed E-state index contributed by atoms with van der Waals surface area (Å²) < 4.78 is 5.15. The van der Waals surface area contributed by atoms with Crippen LogP contribution in [0.15, 0.2) is 18.2 Å². The van der Waals surface area contributed by atoms with Crippen molar-refractivity contribution in [3.8, 4) is 5.75 Å². The zero-order valence-corrected chi connectivity index (χ0v) is 14.8. The number of carbonyl (C=O) groups is 4. The van der Waals surface area contributed by atoms with Gasteiger partial charge in [-0.1, -0.05) is 0 Å². The quantitative estimate of drug-likeness (QED) is 0.765. The molecule has 8 nitrogen and oxygen atoms in total. The second-order valence-corrected chi connectivity index (χ2v) is 7.36. The van der Waals surface area contributed by atoms with Crippen LogP contribution in [0.2, 0.25) is 0 Å². The Morgan fingerprint density at radius 2 is 1.88 bits per heavy atom. The maximum Gasteiger partial charge on any atom is 0.424 e. The number of hydrogen-bond donors (Lipinski definition) is 1. The number of piperidine rings is 1. The summed E-state index contributed by atoms with van der Waals surface area (Å²) in [5, 5.41) is 9.58. The first kappa shape index (κ1) is 17.9. The van der Waals surface area contributed by atoms with Gasteiger partial charge in [0.2, 0.25) is 11.8 Å². The van der Waals surface area contributed by atoms with Crippen LogP contribution >= 0.6 is 0 Å². The third-order valence-corrected chi connectivity index (χ3v) is 4.21. The Morgan fingerprint density at radius 3 is 2.54 bits per heavy atom. The molecule has 1 N–H and O–H groups in total. The van der Waals surface area contributed by atoms with E-state index in [2.05, 4.69) is 0 Å². The molecule has 2 aliphatic rings. The predicted octanol–water partition coefficient (Wildman–Crippen LogP) is 1.73. The lowest BCUT2D eigenvalue weighted by atomic mass is 10.0. The molecule has 26 heavy (non-hydrogen) atoms. The summed E-state index contributed by atoms with van der Waals surface area (Å²) in [5.41, 5.74) is 0.242. The molecule has 4 amide bonds. The van der Waals surface area contributed by atoms with Crippen molar-refractivity contribution in [2.24, 2.45) is 0 Å². The number of likely N-dealkylation sites (tertiary alicyclic amines) is 1. The van der Waals surface area contributed by atoms with E-state index in [1.807, 2.05) is 0 Å². The molecule has 0 aliphatic carbocycles. The van der Waals surface area contributed by atoms with Gasteiger partial charge in [0.25, 0.3) is 5.91 Å². The zero-order valence-electron chi connectivity index (χ0n) is 14.8. The Balaban J connectivity index is 1.90. The van der Waals surface area contributed by atoms with Crippen LogP contribution in [0.25, 0.3) is 0 Å². The van der Waals surface area contributed by atoms with Crippen LogP contribution in [-0.4, -0.2) is 45.5 Å². The van der Waals surface area contributed by atoms with Crippen LogP contribution in [0.4, 0.5) is 10.5 Å². The highest BCUT2D eigenvalue weighted by Crippen LogP contribution is 2.35. The van der Waals surface area contributed by atoms with Gasteiger partial charge >= 0.3 is 6.09 Å². The molecule has 8 heteroatoms. The summed E-state index contributed by atoms with van der Waals surface area (Å²) in [6, 6.07) is 3.49. The Hall–Kier alpha value is -2.90. The number of phenols is 1. The van der Waals surface area contributed by atoms with Crippen molar-refractivity contribution >= 4 is 29.5 Å². The van der Waals surface area contributed by atoms with Crippen molar-refractivity contribution in [3.05, 3.63) is 23.8 Å². The molecule has 1 aromatic rings. The third-order valence-electron chi connectivity index (χ3n) is 4.21. The SMILES string of the molecule is CC(C)(C)OC(=O)N1C(=O)CCC(N2C(=O)Cc3cc(O)ccc32)C1=O. The highest BCUT2D eigenvalue weighted by atomic mass is 16.6. The maximum absolute atomic E-state index is 12.8. The summed E-state index contributed by atoms with van der Waals surface area (Å²) in [7, 11) is 0. The van der Waals surface area contributed by atoms with Gasteiger partial charge in [-0.3, -0.25) is 19.3 Å². The second kappa shape index (κ2) is 6.12. The van der Waals surface area contributed by atoms with Crippen molar-refractivity contribution < 1.29 is 29.0 Å². The van der Waals surface area contributed by atoms with Gasteiger partial charge in [0.05, 0.1) is 6.42 Å². The van der Waals surface area contributed by atoms with E-state index < -0.39 is 29.6 Å². The van der Waals surface area contributed by atoms with Crippen LogP contribution in [0, 0.1) is 0 Å². The highest BCUT2D eigenvalue weighted by Gasteiger charge is 2.46. The van der Waals surface area contributed by atoms with Crippen molar-refractivity contribution in [2.45, 2.75) is 51.7 Å². The van der Waals surface area contributed by atoms with Gasteiger partial charge in [-0.25, -0.2) is 4.79 Å². The fraction of sp³-hybridized carbons (Fsp3) is 0.444. The van der Waals surface area contributed by atoms with Crippen molar-refractivity contribution in [2.75, 3.05) is 4.90 Å². The first-order chi connectivity index (χ1) is 12.1. The number of hydrogen-bond acceptors (Lipinski definition) is 6. The topological polar surface area (TPSA) is 104 Å². The van der Waals surface area contributed by atoms with Crippen molar-refractivity contribution in [3.63, 3.8) is 0 Å². The summed E-state index contributed by atoms with van der Waals surface area (Å²) in [4.78, 5) is 51.5. The molecule has 0 aromatic heterocycles. The lowest BCUT2D eigenvalue weighted by Gasteiger charge is -2.35. The van der Waals surface area contributed by atoms with E-state index in [9.17, 15) is 24.3 Å². The number of amides is 4. The molecule has 0 bridgehead atoms. The molecule has 1 saturated heterocycles. The van der Waals surface area contributed by atoms with Gasteiger partial charge in [-0.2, -0.15) is 4.90 Å². The Morgan fingerprint density at radius 1 is 1.19 bits per heavy atom. The van der Waals surface area contributed by atoms with E-state index in [1.165, 1.54) is 17.0 Å². The van der Waals surface area contributed by atoms with E-state index >= 15 is 0 Å². The summed E-state index contributed by atoms with van der Waals surface area (Å²) in [5.74, 6) is -1.70. The Kier molecular flexibility index (Phi) is 4.21. The van der Waals surface area contributed by atoms with E-state index in [-0.39, 0.29) is 30.9 Å². The lowest BCUT2D eigenvalue weighted by molar-refractivity contribution is -0.148. The normalized spacial score (nSPS) is 20.4. The smallest absolute Gasteiger partial charge is 0.424 e. The highest BCUT2D eigenvalue weighted by molar-refractivity contribution is 6.16. The van der Waals surface area contributed by atoms with Crippen LogP contribution in [-0.2, 0) is 25.5 Å². The average Bonchev–Trinajstić information content (AvgIpc) is 2.81. The molecule has 1 atom stereocenters. The molecule has 1 unspecified atom stereocenters. The number of ether oxygens (including phenoxy) is 1. The minimum atomic E-state index is -1.03. The number of nitrogens with zero attached hydrogens (tertiary/aromatic N) is 2. The molecule has 1 fully saturated rings. The monoisotopic (exact) mass is 360 g/mol. The van der Waals surface area contributed by atoms with Gasteiger partial charge < -0.3 is 9.84 Å². The van der Waals surface area contributed by atoms with E-state index in [0.29, 0.717) is 16.2 Å². The second-order valence-electron chi connectivity index (χ2n) is 7.36. The summed E-state index contributed by atoms with van der Waals surface area (Å²) in [6.07, 6.45) is -0.904. The number of carbonyl (C=O) groups excluding carboxylic acids is 4. The summed E-state index contributed by atoms with van der Waals surface area (Å²) >= 11 is 0. The molecule has 2 aliphatic heterocycles. The minimum absolute atomic E-state index is 0.0268. The first-order valence-electron chi connectivity index (χ1n) is 8.32. The number of benzene rings is 1. The number of fused-ring (bicyclic) bond motifs is 1. The van der Waals surface area contributed by atoms with Gasteiger partial charge in [-0.05, 0) is 51.0 Å².